The molecule has 1 saturated heterocycles. The first-order valence-electron chi connectivity index (χ1n) is 16.2. The Labute approximate surface area is 261 Å². The van der Waals surface area contributed by atoms with E-state index in [1.54, 1.807) is 0 Å². The highest BCUT2D eigenvalue weighted by Crippen LogP contribution is 2.49. The van der Waals surface area contributed by atoms with E-state index in [1.165, 1.54) is 73.0 Å². The van der Waals surface area contributed by atoms with Crippen molar-refractivity contribution in [2.75, 3.05) is 0 Å². The molecule has 1 aliphatic carbocycles. The van der Waals surface area contributed by atoms with E-state index in [1.807, 2.05) is 0 Å². The molecule has 3 nitrogen and oxygen atoms in total. The van der Waals surface area contributed by atoms with Crippen molar-refractivity contribution in [3.05, 3.63) is 96.1 Å². The predicted molar refractivity (Wildman–Crippen MR) is 187 cm³/mol. The molecule has 0 atom stereocenters. The summed E-state index contributed by atoms with van der Waals surface area (Å²) in [5.41, 5.74) is 7.21. The van der Waals surface area contributed by atoms with E-state index in [0.29, 0.717) is 0 Å². The number of aromatic nitrogens is 1. The summed E-state index contributed by atoms with van der Waals surface area (Å²) in [5, 5.41) is 7.53. The number of fused-ring (bicyclic) bond motifs is 6. The van der Waals surface area contributed by atoms with E-state index in [4.69, 9.17) is 9.31 Å². The molecular weight excluding hydrogens is 537 g/mol. The zero-order valence-electron chi connectivity index (χ0n) is 27.3. The maximum atomic E-state index is 6.55. The Morgan fingerprint density at radius 3 is 1.77 bits per heavy atom. The Kier molecular flexibility index (Phi) is 5.70. The van der Waals surface area contributed by atoms with Gasteiger partial charge in [0.25, 0.3) is 0 Å². The number of rotatable bonds is 2. The molecule has 1 aliphatic heterocycles. The normalized spacial score (nSPS) is 20.1. The average molecular weight is 580 g/mol. The van der Waals surface area contributed by atoms with Crippen molar-refractivity contribution in [1.29, 1.82) is 0 Å². The molecule has 4 heteroatoms. The lowest BCUT2D eigenvalue weighted by Crippen LogP contribution is -2.41. The first kappa shape index (κ1) is 27.9. The van der Waals surface area contributed by atoms with Gasteiger partial charge in [-0.1, -0.05) is 82.3 Å². The molecule has 6 aromatic rings. The molecule has 1 aromatic heterocycles. The van der Waals surface area contributed by atoms with Crippen molar-refractivity contribution >= 4 is 55.9 Å². The van der Waals surface area contributed by atoms with Gasteiger partial charge in [-0.3, -0.25) is 0 Å². The molecule has 0 saturated carbocycles. The van der Waals surface area contributed by atoms with Gasteiger partial charge in [-0.25, -0.2) is 0 Å². The van der Waals surface area contributed by atoms with Gasteiger partial charge in [-0.15, -0.1) is 0 Å². The zero-order valence-corrected chi connectivity index (χ0v) is 27.3. The third-order valence-electron chi connectivity index (χ3n) is 11.3. The highest BCUT2D eigenvalue weighted by molar-refractivity contribution is 6.65. The van der Waals surface area contributed by atoms with Gasteiger partial charge in [0.05, 0.1) is 27.9 Å². The van der Waals surface area contributed by atoms with Crippen LogP contribution in [0.15, 0.2) is 84.9 Å². The molecule has 0 N–H and O–H groups in total. The minimum atomic E-state index is -0.420. The Hall–Kier alpha value is -3.60. The van der Waals surface area contributed by atoms with Crippen LogP contribution in [0.1, 0.15) is 79.4 Å². The molecule has 222 valence electrons. The minimum Gasteiger partial charge on any atom is -0.399 e. The molecule has 0 unspecified atom stereocenters. The molecule has 5 aromatic carbocycles. The zero-order chi connectivity index (χ0) is 30.8. The first-order valence-corrected chi connectivity index (χ1v) is 16.2. The molecule has 2 heterocycles. The van der Waals surface area contributed by atoms with Crippen molar-refractivity contribution in [3.8, 4) is 5.69 Å². The molecule has 0 radical (unpaired) electrons. The quantitative estimate of drug-likeness (QED) is 0.191. The van der Waals surface area contributed by atoms with Crippen LogP contribution in [0, 0.1) is 0 Å². The van der Waals surface area contributed by atoms with Gasteiger partial charge in [0, 0.05) is 16.2 Å². The summed E-state index contributed by atoms with van der Waals surface area (Å²) < 4.78 is 15.6. The Bertz CT molecular complexity index is 2130. The standard InChI is InChI=1S/C40H42BNO2/c1-37(2)19-20-38(3,4)32-24-36-30(23-31(32)37)29-21-25-13-9-10-14-26(25)22-35(29)42(36)34-18-12-15-27-28(34)16-11-17-33(27)41-43-39(5,6)40(7,8)44-41/h9-18,21-24H,19-20H2,1-8H3. The van der Waals surface area contributed by atoms with Gasteiger partial charge in [-0.2, -0.15) is 0 Å². The fourth-order valence-electron chi connectivity index (χ4n) is 7.71. The largest absolute Gasteiger partial charge is 0.495 e. The number of benzene rings is 5. The van der Waals surface area contributed by atoms with E-state index in [2.05, 4.69) is 145 Å². The van der Waals surface area contributed by atoms with Gasteiger partial charge in [0.15, 0.2) is 0 Å². The monoisotopic (exact) mass is 579 g/mol. The molecule has 1 fully saturated rings. The van der Waals surface area contributed by atoms with Crippen LogP contribution in [0.2, 0.25) is 0 Å². The second-order valence-electron chi connectivity index (χ2n) is 15.5. The lowest BCUT2D eigenvalue weighted by Gasteiger charge is -2.42. The topological polar surface area (TPSA) is 23.4 Å². The molecule has 8 rings (SSSR count). The minimum absolute atomic E-state index is 0.119. The lowest BCUT2D eigenvalue weighted by atomic mass is 9.63. The number of hydrogen-bond acceptors (Lipinski definition) is 2. The van der Waals surface area contributed by atoms with Gasteiger partial charge < -0.3 is 13.9 Å². The maximum Gasteiger partial charge on any atom is 0.495 e. The third-order valence-corrected chi connectivity index (χ3v) is 11.3. The van der Waals surface area contributed by atoms with Crippen molar-refractivity contribution in [2.24, 2.45) is 0 Å². The fourth-order valence-corrected chi connectivity index (χ4v) is 7.71. The summed E-state index contributed by atoms with van der Waals surface area (Å²) in [5.74, 6) is 0. The third kappa shape index (κ3) is 3.90. The molecule has 44 heavy (non-hydrogen) atoms. The Balaban J connectivity index is 1.46. The second-order valence-corrected chi connectivity index (χ2v) is 15.5. The Morgan fingerprint density at radius 2 is 1.09 bits per heavy atom. The molecular formula is C40H42BNO2. The van der Waals surface area contributed by atoms with E-state index in [-0.39, 0.29) is 10.8 Å². The smallest absolute Gasteiger partial charge is 0.399 e. The van der Waals surface area contributed by atoms with E-state index in [9.17, 15) is 0 Å². The van der Waals surface area contributed by atoms with Gasteiger partial charge >= 0.3 is 7.12 Å². The van der Waals surface area contributed by atoms with Crippen LogP contribution in [-0.2, 0) is 20.1 Å². The Morgan fingerprint density at radius 1 is 0.545 bits per heavy atom. The first-order chi connectivity index (χ1) is 20.8. The molecule has 2 aliphatic rings. The fraction of sp³-hybridized carbons (Fsp3) is 0.350. The lowest BCUT2D eigenvalue weighted by molar-refractivity contribution is 0.00578. The second kappa shape index (κ2) is 8.99. The summed E-state index contributed by atoms with van der Waals surface area (Å²) in [6.45, 7) is 18.2. The number of nitrogens with zero attached hydrogens (tertiary/aromatic N) is 1. The van der Waals surface area contributed by atoms with Gasteiger partial charge in [0.1, 0.15) is 0 Å². The molecule has 0 spiro atoms. The molecule has 0 amide bonds. The van der Waals surface area contributed by atoms with Crippen molar-refractivity contribution < 1.29 is 9.31 Å². The molecule has 0 bridgehead atoms. The summed E-state index contributed by atoms with van der Waals surface area (Å²) in [7, 11) is -0.420. The van der Waals surface area contributed by atoms with Crippen LogP contribution in [0.3, 0.4) is 0 Å². The van der Waals surface area contributed by atoms with Crippen molar-refractivity contribution in [2.45, 2.75) is 90.3 Å². The van der Waals surface area contributed by atoms with Crippen LogP contribution in [0.5, 0.6) is 0 Å². The highest BCUT2D eigenvalue weighted by Gasteiger charge is 2.52. The predicted octanol–water partition coefficient (Wildman–Crippen LogP) is 9.74. The average Bonchev–Trinajstić information content (AvgIpc) is 3.40. The van der Waals surface area contributed by atoms with E-state index < -0.39 is 18.3 Å². The summed E-state index contributed by atoms with van der Waals surface area (Å²) in [6.07, 6.45) is 2.39. The van der Waals surface area contributed by atoms with E-state index >= 15 is 0 Å². The highest BCUT2D eigenvalue weighted by atomic mass is 16.7. The van der Waals surface area contributed by atoms with E-state index in [0.717, 1.165) is 5.46 Å². The van der Waals surface area contributed by atoms with Crippen molar-refractivity contribution in [1.82, 2.24) is 4.57 Å². The van der Waals surface area contributed by atoms with Crippen molar-refractivity contribution in [3.63, 3.8) is 0 Å². The maximum absolute atomic E-state index is 6.55. The van der Waals surface area contributed by atoms with Crippen LogP contribution in [0.4, 0.5) is 0 Å². The van der Waals surface area contributed by atoms with Crippen LogP contribution in [0.25, 0.3) is 49.0 Å². The summed E-state index contributed by atoms with van der Waals surface area (Å²) in [6, 6.07) is 31.8. The summed E-state index contributed by atoms with van der Waals surface area (Å²) >= 11 is 0. The number of hydrogen-bond donors (Lipinski definition) is 0. The van der Waals surface area contributed by atoms with Crippen LogP contribution in [-0.4, -0.2) is 22.9 Å². The summed E-state index contributed by atoms with van der Waals surface area (Å²) in [4.78, 5) is 0. The van der Waals surface area contributed by atoms with Gasteiger partial charge in [-0.05, 0) is 114 Å². The van der Waals surface area contributed by atoms with Crippen LogP contribution >= 0.6 is 0 Å². The SMILES string of the molecule is CC1(C)CCC(C)(C)c2cc3c(cc21)c1cc2ccccc2cc1n3-c1cccc2c(B3OC(C)(C)C(C)(C)O3)cccc12. The van der Waals surface area contributed by atoms with Crippen LogP contribution < -0.4 is 5.46 Å². The van der Waals surface area contributed by atoms with Gasteiger partial charge in [0.2, 0.25) is 0 Å².